The topological polar surface area (TPSA) is 89.3 Å². The molecule has 0 spiro atoms. The summed E-state index contributed by atoms with van der Waals surface area (Å²) in [7, 11) is -3.46. The Morgan fingerprint density at radius 1 is 1.35 bits per heavy atom. The number of benzene rings is 1. The Labute approximate surface area is 117 Å². The predicted octanol–water partition coefficient (Wildman–Crippen LogP) is 1.44. The molecule has 0 atom stereocenters. The van der Waals surface area contributed by atoms with Crippen molar-refractivity contribution in [2.75, 3.05) is 11.6 Å². The predicted molar refractivity (Wildman–Crippen MR) is 73.5 cm³/mol. The molecule has 1 aliphatic rings. The van der Waals surface area contributed by atoms with Gasteiger partial charge in [0.25, 0.3) is 0 Å². The summed E-state index contributed by atoms with van der Waals surface area (Å²) >= 11 is 0. The smallest absolute Gasteiger partial charge is 0.244 e. The molecular formula is C13H17FN2O3S. The standard InChI is InChI=1S/C13H17FN2O3S/c1-20(18,19)9-4-5-10(14)11(8-9)16-12(17)13(15)6-2-3-7-13/h4-5,8H,2-3,6-7,15H2,1H3,(H,16,17). The summed E-state index contributed by atoms with van der Waals surface area (Å²) in [6, 6.07) is 3.29. The molecule has 0 aromatic heterocycles. The maximum absolute atomic E-state index is 13.7. The van der Waals surface area contributed by atoms with Crippen LogP contribution in [0.25, 0.3) is 0 Å². The van der Waals surface area contributed by atoms with Gasteiger partial charge in [-0.25, -0.2) is 12.8 Å². The molecular weight excluding hydrogens is 283 g/mol. The number of sulfone groups is 1. The molecule has 1 aromatic rings. The molecule has 3 N–H and O–H groups in total. The van der Waals surface area contributed by atoms with Crippen LogP contribution < -0.4 is 11.1 Å². The minimum absolute atomic E-state index is 0.0494. The van der Waals surface area contributed by atoms with Crippen LogP contribution in [0.2, 0.25) is 0 Å². The highest BCUT2D eigenvalue weighted by Crippen LogP contribution is 2.29. The Kier molecular flexibility index (Phi) is 3.84. The number of rotatable bonds is 3. The third kappa shape index (κ3) is 2.99. The van der Waals surface area contributed by atoms with Gasteiger partial charge in [-0.2, -0.15) is 0 Å². The molecule has 0 radical (unpaired) electrons. The summed E-state index contributed by atoms with van der Waals surface area (Å²) in [6.07, 6.45) is 3.83. The second-order valence-corrected chi connectivity index (χ2v) is 7.25. The maximum atomic E-state index is 13.7. The van der Waals surface area contributed by atoms with Crippen molar-refractivity contribution in [2.24, 2.45) is 5.73 Å². The van der Waals surface area contributed by atoms with Gasteiger partial charge in [0.1, 0.15) is 5.82 Å². The third-order valence-electron chi connectivity index (χ3n) is 3.56. The fraction of sp³-hybridized carbons (Fsp3) is 0.462. The van der Waals surface area contributed by atoms with Crippen molar-refractivity contribution in [1.29, 1.82) is 0 Å². The minimum Gasteiger partial charge on any atom is -0.322 e. The van der Waals surface area contributed by atoms with Gasteiger partial charge in [0.15, 0.2) is 9.84 Å². The molecule has 1 amide bonds. The van der Waals surface area contributed by atoms with Crippen molar-refractivity contribution >= 4 is 21.4 Å². The number of hydrogen-bond acceptors (Lipinski definition) is 4. The fourth-order valence-electron chi connectivity index (χ4n) is 2.31. The first-order valence-corrected chi connectivity index (χ1v) is 8.21. The van der Waals surface area contributed by atoms with E-state index in [1.807, 2.05) is 0 Å². The highest BCUT2D eigenvalue weighted by Gasteiger charge is 2.37. The Morgan fingerprint density at radius 3 is 2.50 bits per heavy atom. The lowest BCUT2D eigenvalue weighted by Gasteiger charge is -2.22. The van der Waals surface area contributed by atoms with Gasteiger partial charge in [0, 0.05) is 6.26 Å². The summed E-state index contributed by atoms with van der Waals surface area (Å²) in [5.41, 5.74) is 4.82. The van der Waals surface area contributed by atoms with E-state index >= 15 is 0 Å². The van der Waals surface area contributed by atoms with Gasteiger partial charge in [0.05, 0.1) is 16.1 Å². The van der Waals surface area contributed by atoms with Crippen LogP contribution in [0.3, 0.4) is 0 Å². The van der Waals surface area contributed by atoms with Crippen LogP contribution in [-0.4, -0.2) is 26.1 Å². The van der Waals surface area contributed by atoms with E-state index in [0.29, 0.717) is 12.8 Å². The largest absolute Gasteiger partial charge is 0.322 e. The van der Waals surface area contributed by atoms with Crippen LogP contribution >= 0.6 is 0 Å². The Hall–Kier alpha value is -1.47. The molecule has 7 heteroatoms. The van der Waals surface area contributed by atoms with Crippen molar-refractivity contribution in [1.82, 2.24) is 0 Å². The first kappa shape index (κ1) is 14.9. The summed E-state index contributed by atoms with van der Waals surface area (Å²) in [4.78, 5) is 12.0. The van der Waals surface area contributed by atoms with Crippen LogP contribution in [0.4, 0.5) is 10.1 Å². The van der Waals surface area contributed by atoms with E-state index in [-0.39, 0.29) is 10.6 Å². The molecule has 1 aromatic carbocycles. The van der Waals surface area contributed by atoms with Crippen LogP contribution in [0.5, 0.6) is 0 Å². The van der Waals surface area contributed by atoms with Crippen LogP contribution in [0, 0.1) is 5.82 Å². The van der Waals surface area contributed by atoms with Crippen molar-refractivity contribution in [3.8, 4) is 0 Å². The monoisotopic (exact) mass is 300 g/mol. The zero-order valence-electron chi connectivity index (χ0n) is 11.1. The molecule has 110 valence electrons. The molecule has 1 saturated carbocycles. The highest BCUT2D eigenvalue weighted by molar-refractivity contribution is 7.90. The first-order chi connectivity index (χ1) is 9.22. The molecule has 0 heterocycles. The summed E-state index contributed by atoms with van der Waals surface area (Å²) in [5, 5.41) is 2.40. The lowest BCUT2D eigenvalue weighted by atomic mass is 9.98. The quantitative estimate of drug-likeness (QED) is 0.827. The fourth-order valence-corrected chi connectivity index (χ4v) is 2.96. The van der Waals surface area contributed by atoms with Crippen molar-refractivity contribution in [3.63, 3.8) is 0 Å². The number of anilines is 1. The number of carbonyl (C=O) groups is 1. The maximum Gasteiger partial charge on any atom is 0.244 e. The molecule has 0 bridgehead atoms. The molecule has 1 fully saturated rings. The van der Waals surface area contributed by atoms with Gasteiger partial charge in [-0.15, -0.1) is 0 Å². The van der Waals surface area contributed by atoms with Gasteiger partial charge in [-0.3, -0.25) is 4.79 Å². The number of nitrogens with two attached hydrogens (primary N) is 1. The lowest BCUT2D eigenvalue weighted by Crippen LogP contribution is -2.48. The van der Waals surface area contributed by atoms with E-state index in [9.17, 15) is 17.6 Å². The van der Waals surface area contributed by atoms with E-state index < -0.39 is 27.1 Å². The molecule has 20 heavy (non-hydrogen) atoms. The lowest BCUT2D eigenvalue weighted by molar-refractivity contribution is -0.121. The van der Waals surface area contributed by atoms with E-state index in [2.05, 4.69) is 5.32 Å². The first-order valence-electron chi connectivity index (χ1n) is 6.32. The number of hydrogen-bond donors (Lipinski definition) is 2. The van der Waals surface area contributed by atoms with Crippen molar-refractivity contribution < 1.29 is 17.6 Å². The Balaban J connectivity index is 2.27. The molecule has 0 unspecified atom stereocenters. The van der Waals surface area contributed by atoms with E-state index in [0.717, 1.165) is 37.3 Å². The summed E-state index contributed by atoms with van der Waals surface area (Å²) < 4.78 is 36.6. The molecule has 0 aliphatic heterocycles. The summed E-state index contributed by atoms with van der Waals surface area (Å²) in [6.45, 7) is 0. The molecule has 5 nitrogen and oxygen atoms in total. The second kappa shape index (κ2) is 5.14. The summed E-state index contributed by atoms with van der Waals surface area (Å²) in [5.74, 6) is -1.16. The number of carbonyl (C=O) groups excluding carboxylic acids is 1. The minimum atomic E-state index is -3.46. The Morgan fingerprint density at radius 2 is 1.95 bits per heavy atom. The highest BCUT2D eigenvalue weighted by atomic mass is 32.2. The average molecular weight is 300 g/mol. The van der Waals surface area contributed by atoms with Crippen LogP contribution in [0.15, 0.2) is 23.1 Å². The van der Waals surface area contributed by atoms with Gasteiger partial charge in [0.2, 0.25) is 5.91 Å². The zero-order chi connectivity index (χ0) is 15.0. The van der Waals surface area contributed by atoms with E-state index in [1.54, 1.807) is 0 Å². The Bertz CT molecular complexity index is 637. The number of amides is 1. The molecule has 1 aliphatic carbocycles. The zero-order valence-corrected chi connectivity index (χ0v) is 12.0. The number of halogens is 1. The number of nitrogens with one attached hydrogen (secondary N) is 1. The van der Waals surface area contributed by atoms with Crippen LogP contribution in [-0.2, 0) is 14.6 Å². The van der Waals surface area contributed by atoms with Crippen molar-refractivity contribution in [3.05, 3.63) is 24.0 Å². The normalized spacial score (nSPS) is 17.9. The van der Waals surface area contributed by atoms with Crippen LogP contribution in [0.1, 0.15) is 25.7 Å². The third-order valence-corrected chi connectivity index (χ3v) is 4.67. The average Bonchev–Trinajstić information content (AvgIpc) is 2.79. The van der Waals surface area contributed by atoms with Gasteiger partial charge < -0.3 is 11.1 Å². The van der Waals surface area contributed by atoms with Gasteiger partial charge in [-0.05, 0) is 31.0 Å². The second-order valence-electron chi connectivity index (χ2n) is 5.23. The van der Waals surface area contributed by atoms with Gasteiger partial charge >= 0.3 is 0 Å². The van der Waals surface area contributed by atoms with Gasteiger partial charge in [-0.1, -0.05) is 12.8 Å². The molecule has 0 saturated heterocycles. The van der Waals surface area contributed by atoms with E-state index in [4.69, 9.17) is 5.73 Å². The van der Waals surface area contributed by atoms with Crippen molar-refractivity contribution in [2.45, 2.75) is 36.1 Å². The SMILES string of the molecule is CS(=O)(=O)c1ccc(F)c(NC(=O)C2(N)CCCC2)c1. The molecule has 2 rings (SSSR count). The van der Waals surface area contributed by atoms with E-state index in [1.165, 1.54) is 0 Å².